The Balaban J connectivity index is 1.61. The van der Waals surface area contributed by atoms with Crippen LogP contribution in [-0.4, -0.2) is 63.7 Å². The Kier molecular flexibility index (Phi) is 9.07. The number of hydrogen-bond acceptors (Lipinski definition) is 5. The van der Waals surface area contributed by atoms with Gasteiger partial charge in [-0.05, 0) is 69.4 Å². The van der Waals surface area contributed by atoms with E-state index in [4.69, 9.17) is 9.47 Å². The van der Waals surface area contributed by atoms with E-state index < -0.39 is 0 Å². The molecule has 1 fully saturated rings. The molecule has 0 aliphatic carbocycles. The first-order valence-electron chi connectivity index (χ1n) is 10.0. The topological polar surface area (TPSA) is 79.9 Å². The number of likely N-dealkylation sites (tertiary alicyclic amines) is 1. The number of hydrogen-bond donors (Lipinski definition) is 2. The minimum absolute atomic E-state index is 0.0445. The Morgan fingerprint density at radius 2 is 1.79 bits per heavy atom. The van der Waals surface area contributed by atoms with Gasteiger partial charge in [-0.1, -0.05) is 6.92 Å². The number of unbranched alkanes of at least 4 members (excludes halogenated alkanes) is 1. The third kappa shape index (κ3) is 7.03. The fraction of sp³-hybridized carbons (Fsp3) is 0.619. The van der Waals surface area contributed by atoms with E-state index in [9.17, 15) is 9.59 Å². The Morgan fingerprint density at radius 1 is 1.07 bits per heavy atom. The molecule has 0 radical (unpaired) electrons. The zero-order valence-electron chi connectivity index (χ0n) is 17.3. The molecule has 7 nitrogen and oxygen atoms in total. The van der Waals surface area contributed by atoms with E-state index in [1.807, 2.05) is 0 Å². The van der Waals surface area contributed by atoms with E-state index in [-0.39, 0.29) is 18.4 Å². The Labute approximate surface area is 167 Å². The quantitative estimate of drug-likeness (QED) is 0.597. The molecule has 156 valence electrons. The SMILES string of the molecule is COc1ccc(C(=O)NCC(=O)NCCCCN2CCC(C)CC2)cc1OC. The summed E-state index contributed by atoms with van der Waals surface area (Å²) in [6.07, 6.45) is 4.60. The number of methoxy groups -OCH3 is 2. The Bertz CT molecular complexity index is 643. The van der Waals surface area contributed by atoms with Crippen LogP contribution in [0.15, 0.2) is 18.2 Å². The average Bonchev–Trinajstić information content (AvgIpc) is 2.72. The lowest BCUT2D eigenvalue weighted by Gasteiger charge is -2.30. The molecule has 2 N–H and O–H groups in total. The summed E-state index contributed by atoms with van der Waals surface area (Å²) in [5, 5.41) is 5.49. The van der Waals surface area contributed by atoms with Gasteiger partial charge >= 0.3 is 0 Å². The van der Waals surface area contributed by atoms with E-state index >= 15 is 0 Å². The average molecular weight is 392 g/mol. The zero-order valence-corrected chi connectivity index (χ0v) is 17.3. The maximum absolute atomic E-state index is 12.2. The molecule has 0 unspecified atom stereocenters. The summed E-state index contributed by atoms with van der Waals surface area (Å²) in [6.45, 7) is 6.38. The van der Waals surface area contributed by atoms with Gasteiger partial charge in [0, 0.05) is 12.1 Å². The second kappa shape index (κ2) is 11.5. The van der Waals surface area contributed by atoms with Gasteiger partial charge in [-0.15, -0.1) is 0 Å². The minimum atomic E-state index is -0.324. The van der Waals surface area contributed by atoms with Crippen molar-refractivity contribution in [3.8, 4) is 11.5 Å². The van der Waals surface area contributed by atoms with E-state index in [1.165, 1.54) is 40.2 Å². The molecule has 0 aromatic heterocycles. The molecule has 1 aromatic rings. The van der Waals surface area contributed by atoms with Gasteiger partial charge in [0.1, 0.15) is 0 Å². The molecule has 0 saturated carbocycles. The van der Waals surface area contributed by atoms with Gasteiger partial charge in [0.2, 0.25) is 5.91 Å². The number of nitrogens with zero attached hydrogens (tertiary/aromatic N) is 1. The summed E-state index contributed by atoms with van der Waals surface area (Å²) in [4.78, 5) is 26.6. The van der Waals surface area contributed by atoms with Crippen LogP contribution in [0.4, 0.5) is 0 Å². The molecule has 2 rings (SSSR count). The molecule has 2 amide bonds. The van der Waals surface area contributed by atoms with E-state index in [2.05, 4.69) is 22.5 Å². The van der Waals surface area contributed by atoms with E-state index in [0.717, 1.165) is 25.3 Å². The highest BCUT2D eigenvalue weighted by molar-refractivity contribution is 5.97. The first-order chi connectivity index (χ1) is 13.5. The van der Waals surface area contributed by atoms with Crippen molar-refractivity contribution in [1.82, 2.24) is 15.5 Å². The summed E-state index contributed by atoms with van der Waals surface area (Å²) in [7, 11) is 3.05. The van der Waals surface area contributed by atoms with Gasteiger partial charge in [-0.2, -0.15) is 0 Å². The number of carbonyl (C=O) groups is 2. The summed E-state index contributed by atoms with van der Waals surface area (Å²) in [6, 6.07) is 4.89. The second-order valence-electron chi connectivity index (χ2n) is 7.33. The summed E-state index contributed by atoms with van der Waals surface area (Å²) < 4.78 is 10.3. The zero-order chi connectivity index (χ0) is 20.4. The molecule has 1 heterocycles. The molecule has 1 aliphatic heterocycles. The molecule has 0 atom stereocenters. The summed E-state index contributed by atoms with van der Waals surface area (Å²) in [5.41, 5.74) is 0.418. The minimum Gasteiger partial charge on any atom is -0.493 e. The van der Waals surface area contributed by atoms with Crippen molar-refractivity contribution in [3.05, 3.63) is 23.8 Å². The normalized spacial score (nSPS) is 15.1. The van der Waals surface area contributed by atoms with Gasteiger partial charge in [0.25, 0.3) is 5.91 Å². The first kappa shape index (κ1) is 22.0. The first-order valence-corrected chi connectivity index (χ1v) is 10.0. The van der Waals surface area contributed by atoms with Crippen molar-refractivity contribution in [2.75, 3.05) is 46.9 Å². The highest BCUT2D eigenvalue weighted by Crippen LogP contribution is 2.27. The summed E-state index contributed by atoms with van der Waals surface area (Å²) in [5.74, 6) is 1.37. The lowest BCUT2D eigenvalue weighted by molar-refractivity contribution is -0.120. The van der Waals surface area contributed by atoms with Crippen LogP contribution in [-0.2, 0) is 4.79 Å². The molecule has 1 saturated heterocycles. The molecular formula is C21H33N3O4. The monoisotopic (exact) mass is 391 g/mol. The van der Waals surface area contributed by atoms with Crippen LogP contribution in [0.3, 0.4) is 0 Å². The largest absolute Gasteiger partial charge is 0.493 e. The van der Waals surface area contributed by atoms with Crippen molar-refractivity contribution in [2.24, 2.45) is 5.92 Å². The van der Waals surface area contributed by atoms with Crippen molar-refractivity contribution in [3.63, 3.8) is 0 Å². The number of rotatable bonds is 10. The fourth-order valence-corrected chi connectivity index (χ4v) is 3.28. The van der Waals surface area contributed by atoms with E-state index in [0.29, 0.717) is 23.6 Å². The second-order valence-corrected chi connectivity index (χ2v) is 7.33. The van der Waals surface area contributed by atoms with Gasteiger partial charge in [-0.3, -0.25) is 9.59 Å². The maximum atomic E-state index is 12.2. The van der Waals surface area contributed by atoms with Gasteiger partial charge in [0.15, 0.2) is 11.5 Å². The van der Waals surface area contributed by atoms with Crippen LogP contribution in [0.25, 0.3) is 0 Å². The molecule has 0 spiro atoms. The van der Waals surface area contributed by atoms with Gasteiger partial charge < -0.3 is 25.0 Å². The van der Waals surface area contributed by atoms with Crippen molar-refractivity contribution in [2.45, 2.75) is 32.6 Å². The molecule has 1 aromatic carbocycles. The lowest BCUT2D eigenvalue weighted by Crippen LogP contribution is -2.37. The smallest absolute Gasteiger partial charge is 0.251 e. The molecule has 7 heteroatoms. The molecule has 0 bridgehead atoms. The van der Waals surface area contributed by atoms with Crippen molar-refractivity contribution < 1.29 is 19.1 Å². The van der Waals surface area contributed by atoms with Gasteiger partial charge in [-0.25, -0.2) is 0 Å². The Morgan fingerprint density at radius 3 is 2.46 bits per heavy atom. The molecule has 1 aliphatic rings. The van der Waals surface area contributed by atoms with Crippen molar-refractivity contribution >= 4 is 11.8 Å². The van der Waals surface area contributed by atoms with Crippen LogP contribution in [0.5, 0.6) is 11.5 Å². The predicted octanol–water partition coefficient (Wildman–Crippen LogP) is 2.06. The van der Waals surface area contributed by atoms with Crippen LogP contribution in [0, 0.1) is 5.92 Å². The number of amides is 2. The van der Waals surface area contributed by atoms with Crippen LogP contribution in [0.1, 0.15) is 43.0 Å². The molecular weight excluding hydrogens is 358 g/mol. The third-order valence-corrected chi connectivity index (χ3v) is 5.15. The maximum Gasteiger partial charge on any atom is 0.251 e. The lowest BCUT2D eigenvalue weighted by atomic mass is 9.99. The predicted molar refractivity (Wildman–Crippen MR) is 109 cm³/mol. The van der Waals surface area contributed by atoms with Crippen molar-refractivity contribution in [1.29, 1.82) is 0 Å². The summed E-state index contributed by atoms with van der Waals surface area (Å²) >= 11 is 0. The van der Waals surface area contributed by atoms with Crippen LogP contribution in [0.2, 0.25) is 0 Å². The fourth-order valence-electron chi connectivity index (χ4n) is 3.28. The van der Waals surface area contributed by atoms with Crippen LogP contribution < -0.4 is 20.1 Å². The highest BCUT2D eigenvalue weighted by atomic mass is 16.5. The van der Waals surface area contributed by atoms with Gasteiger partial charge in [0.05, 0.1) is 20.8 Å². The number of ether oxygens (including phenoxy) is 2. The Hall–Kier alpha value is -2.28. The number of nitrogens with one attached hydrogen (secondary N) is 2. The third-order valence-electron chi connectivity index (χ3n) is 5.15. The highest BCUT2D eigenvalue weighted by Gasteiger charge is 2.15. The number of piperidine rings is 1. The molecule has 28 heavy (non-hydrogen) atoms. The number of carbonyl (C=O) groups excluding carboxylic acids is 2. The van der Waals surface area contributed by atoms with Crippen LogP contribution >= 0.6 is 0 Å². The standard InChI is InChI=1S/C21H33N3O4/c1-16-8-12-24(13-9-16)11-5-4-10-22-20(25)15-23-21(26)17-6-7-18(27-2)19(14-17)28-3/h6-7,14,16H,4-5,8-13,15H2,1-3H3,(H,22,25)(H,23,26). The van der Waals surface area contributed by atoms with E-state index in [1.54, 1.807) is 18.2 Å². The number of benzene rings is 1.